The molecule has 0 aromatic heterocycles. The summed E-state index contributed by atoms with van der Waals surface area (Å²) in [6, 6.07) is 17.8. The van der Waals surface area contributed by atoms with Crippen molar-refractivity contribution >= 4 is 17.5 Å². The van der Waals surface area contributed by atoms with Crippen molar-refractivity contribution in [3.63, 3.8) is 0 Å². The zero-order valence-corrected chi connectivity index (χ0v) is 19.3. The van der Waals surface area contributed by atoms with Gasteiger partial charge in [0.05, 0.1) is 18.4 Å². The first-order valence-electron chi connectivity index (χ1n) is 11.0. The van der Waals surface area contributed by atoms with Gasteiger partial charge in [-0.15, -0.1) is 6.58 Å². The van der Waals surface area contributed by atoms with E-state index in [0.717, 1.165) is 11.1 Å². The number of amides is 2. The molecule has 0 bridgehead atoms. The van der Waals surface area contributed by atoms with Crippen molar-refractivity contribution < 1.29 is 28.5 Å². The van der Waals surface area contributed by atoms with Gasteiger partial charge in [-0.1, -0.05) is 30.3 Å². The molecule has 180 valence electrons. The molecular weight excluding hydrogens is 448 g/mol. The Balaban J connectivity index is 1.35. The highest BCUT2D eigenvalue weighted by molar-refractivity contribution is 6.04. The molecule has 4 rings (SSSR count). The van der Waals surface area contributed by atoms with Crippen LogP contribution in [0.15, 0.2) is 73.3 Å². The minimum atomic E-state index is -0.404. The van der Waals surface area contributed by atoms with Crippen molar-refractivity contribution in [1.82, 2.24) is 5.32 Å². The number of benzene rings is 3. The number of methoxy groups -OCH3 is 1. The molecular formula is C27H26N2O6. The number of hydrogen-bond donors (Lipinski definition) is 2. The molecule has 1 heterocycles. The first-order valence-corrected chi connectivity index (χ1v) is 11.0. The number of fused-ring (bicyclic) bond motifs is 1. The van der Waals surface area contributed by atoms with E-state index in [-0.39, 0.29) is 19.3 Å². The zero-order valence-electron chi connectivity index (χ0n) is 19.3. The lowest BCUT2D eigenvalue weighted by atomic mass is 10.1. The van der Waals surface area contributed by atoms with Crippen LogP contribution in [0.3, 0.4) is 0 Å². The topological polar surface area (TPSA) is 95.1 Å². The number of para-hydroxylation sites is 1. The van der Waals surface area contributed by atoms with Crippen molar-refractivity contribution in [2.24, 2.45) is 0 Å². The van der Waals surface area contributed by atoms with Crippen LogP contribution in [0.1, 0.15) is 21.5 Å². The fraction of sp³-hybridized carbons (Fsp3) is 0.185. The quantitative estimate of drug-likeness (QED) is 0.430. The van der Waals surface area contributed by atoms with Crippen molar-refractivity contribution in [3.05, 3.63) is 90.0 Å². The Kier molecular flexibility index (Phi) is 7.52. The van der Waals surface area contributed by atoms with E-state index in [1.54, 1.807) is 49.6 Å². The van der Waals surface area contributed by atoms with Crippen LogP contribution in [-0.4, -0.2) is 32.3 Å². The number of carbonyl (C=O) groups excluding carboxylic acids is 2. The van der Waals surface area contributed by atoms with E-state index < -0.39 is 5.91 Å². The molecule has 0 unspecified atom stereocenters. The molecule has 0 atom stereocenters. The Bertz CT molecular complexity index is 1240. The molecule has 3 aromatic rings. The highest BCUT2D eigenvalue weighted by Crippen LogP contribution is 2.32. The van der Waals surface area contributed by atoms with E-state index in [1.165, 1.54) is 0 Å². The smallest absolute Gasteiger partial charge is 0.262 e. The Morgan fingerprint density at radius 3 is 2.63 bits per heavy atom. The lowest BCUT2D eigenvalue weighted by Gasteiger charge is -2.14. The molecule has 8 heteroatoms. The standard InChI is InChI=1S/C27H26N2O6/c1-3-6-18-9-11-22(24(13-18)32-2)33-16-26(30)29-21-8-5-4-7-20(21)27(31)28-15-19-10-12-23-25(14-19)35-17-34-23/h3-5,7-14H,1,6,15-17H2,2H3,(H,28,31)(H,29,30). The first-order chi connectivity index (χ1) is 17.1. The maximum absolute atomic E-state index is 12.8. The maximum Gasteiger partial charge on any atom is 0.262 e. The van der Waals surface area contributed by atoms with Gasteiger partial charge in [-0.05, 0) is 53.9 Å². The van der Waals surface area contributed by atoms with Crippen LogP contribution in [0.5, 0.6) is 23.0 Å². The third-order valence-corrected chi connectivity index (χ3v) is 5.30. The van der Waals surface area contributed by atoms with E-state index >= 15 is 0 Å². The molecule has 1 aliphatic rings. The zero-order chi connectivity index (χ0) is 24.6. The van der Waals surface area contributed by atoms with Crippen LogP contribution in [0.4, 0.5) is 5.69 Å². The van der Waals surface area contributed by atoms with Gasteiger partial charge < -0.3 is 29.6 Å². The van der Waals surface area contributed by atoms with Crippen molar-refractivity contribution in [1.29, 1.82) is 0 Å². The van der Waals surface area contributed by atoms with Crippen molar-refractivity contribution in [2.45, 2.75) is 13.0 Å². The monoisotopic (exact) mass is 474 g/mol. The Morgan fingerprint density at radius 1 is 1.00 bits per heavy atom. The summed E-state index contributed by atoms with van der Waals surface area (Å²) in [5.74, 6) is 1.58. The van der Waals surface area contributed by atoms with E-state index in [0.29, 0.717) is 47.2 Å². The average molecular weight is 475 g/mol. The third kappa shape index (κ3) is 5.92. The summed E-state index contributed by atoms with van der Waals surface area (Å²) in [4.78, 5) is 25.4. The van der Waals surface area contributed by atoms with Crippen LogP contribution >= 0.6 is 0 Å². The van der Waals surface area contributed by atoms with E-state index in [1.807, 2.05) is 24.3 Å². The van der Waals surface area contributed by atoms with Crippen LogP contribution in [-0.2, 0) is 17.8 Å². The lowest BCUT2D eigenvalue weighted by Crippen LogP contribution is -2.26. The number of nitrogens with one attached hydrogen (secondary N) is 2. The number of anilines is 1. The van der Waals surface area contributed by atoms with E-state index in [9.17, 15) is 9.59 Å². The fourth-order valence-electron chi connectivity index (χ4n) is 3.57. The Morgan fingerprint density at radius 2 is 1.80 bits per heavy atom. The molecule has 0 radical (unpaired) electrons. The number of rotatable bonds is 10. The summed E-state index contributed by atoms with van der Waals surface area (Å²) in [5, 5.41) is 5.61. The van der Waals surface area contributed by atoms with Gasteiger partial charge in [0.15, 0.2) is 29.6 Å². The minimum Gasteiger partial charge on any atom is -0.493 e. The van der Waals surface area contributed by atoms with Crippen LogP contribution in [0, 0.1) is 0 Å². The highest BCUT2D eigenvalue weighted by Gasteiger charge is 2.16. The largest absolute Gasteiger partial charge is 0.493 e. The van der Waals surface area contributed by atoms with Gasteiger partial charge in [0.25, 0.3) is 11.8 Å². The number of hydrogen-bond acceptors (Lipinski definition) is 6. The van der Waals surface area contributed by atoms with Gasteiger partial charge >= 0.3 is 0 Å². The lowest BCUT2D eigenvalue weighted by molar-refractivity contribution is -0.118. The Labute approximate surface area is 203 Å². The SMILES string of the molecule is C=CCc1ccc(OCC(=O)Nc2ccccc2C(=O)NCc2ccc3c(c2)OCO3)c(OC)c1. The summed E-state index contributed by atoms with van der Waals surface area (Å²) in [7, 11) is 1.54. The number of carbonyl (C=O) groups is 2. The molecule has 0 aliphatic carbocycles. The Hall–Kier alpha value is -4.46. The predicted octanol–water partition coefficient (Wildman–Crippen LogP) is 4.10. The van der Waals surface area contributed by atoms with Gasteiger partial charge in [-0.3, -0.25) is 9.59 Å². The molecule has 0 saturated heterocycles. The summed E-state index contributed by atoms with van der Waals surface area (Å²) < 4.78 is 21.7. The summed E-state index contributed by atoms with van der Waals surface area (Å²) in [6.07, 6.45) is 2.50. The van der Waals surface area contributed by atoms with Crippen molar-refractivity contribution in [3.8, 4) is 23.0 Å². The normalized spacial score (nSPS) is 11.5. The predicted molar refractivity (Wildman–Crippen MR) is 131 cm³/mol. The molecule has 0 spiro atoms. The molecule has 1 aliphatic heterocycles. The molecule has 8 nitrogen and oxygen atoms in total. The second-order valence-electron chi connectivity index (χ2n) is 7.73. The second kappa shape index (κ2) is 11.1. The summed E-state index contributed by atoms with van der Waals surface area (Å²) in [6.45, 7) is 3.97. The molecule has 3 aromatic carbocycles. The van der Waals surface area contributed by atoms with Crippen LogP contribution in [0.2, 0.25) is 0 Å². The molecule has 35 heavy (non-hydrogen) atoms. The molecule has 2 amide bonds. The number of ether oxygens (including phenoxy) is 4. The average Bonchev–Trinajstić information content (AvgIpc) is 3.35. The molecule has 0 saturated carbocycles. The van der Waals surface area contributed by atoms with E-state index in [2.05, 4.69) is 17.2 Å². The highest BCUT2D eigenvalue weighted by atomic mass is 16.7. The fourth-order valence-corrected chi connectivity index (χ4v) is 3.57. The minimum absolute atomic E-state index is 0.190. The van der Waals surface area contributed by atoms with Gasteiger partial charge in [0.1, 0.15) is 0 Å². The van der Waals surface area contributed by atoms with Gasteiger partial charge in [0.2, 0.25) is 6.79 Å². The summed E-state index contributed by atoms with van der Waals surface area (Å²) in [5.41, 5.74) is 2.62. The van der Waals surface area contributed by atoms with Crippen LogP contribution in [0.25, 0.3) is 0 Å². The first kappa shape index (κ1) is 23.7. The summed E-state index contributed by atoms with van der Waals surface area (Å²) >= 11 is 0. The second-order valence-corrected chi connectivity index (χ2v) is 7.73. The number of allylic oxidation sites excluding steroid dienone is 1. The van der Waals surface area contributed by atoms with Crippen LogP contribution < -0.4 is 29.6 Å². The molecule has 0 fully saturated rings. The third-order valence-electron chi connectivity index (χ3n) is 5.30. The van der Waals surface area contributed by atoms with Crippen molar-refractivity contribution in [2.75, 3.05) is 25.8 Å². The van der Waals surface area contributed by atoms with Gasteiger partial charge in [-0.25, -0.2) is 0 Å². The van der Waals surface area contributed by atoms with Gasteiger partial charge in [-0.2, -0.15) is 0 Å². The van der Waals surface area contributed by atoms with Gasteiger partial charge in [0, 0.05) is 6.54 Å². The molecule has 2 N–H and O–H groups in total. The maximum atomic E-state index is 12.8. The van der Waals surface area contributed by atoms with E-state index in [4.69, 9.17) is 18.9 Å².